The molecule has 7 nitrogen and oxygen atoms in total. The maximum absolute atomic E-state index is 5.84. The first-order chi connectivity index (χ1) is 10.1. The second kappa shape index (κ2) is 9.41. The fourth-order valence-corrected chi connectivity index (χ4v) is 4.99. The maximum atomic E-state index is 5.84. The quantitative estimate of drug-likeness (QED) is 0.489. The van der Waals surface area contributed by atoms with Gasteiger partial charge in [0, 0.05) is 32.4 Å². The molecule has 0 aromatic carbocycles. The lowest BCUT2D eigenvalue weighted by Gasteiger charge is -2.28. The minimum Gasteiger partial charge on any atom is -0.374 e. The summed E-state index contributed by atoms with van der Waals surface area (Å²) < 4.78 is 19.2. The van der Waals surface area contributed by atoms with Crippen molar-refractivity contribution in [2.75, 3.05) is 31.8 Å². The van der Waals surface area contributed by atoms with Crippen molar-refractivity contribution in [3.05, 3.63) is 0 Å². The average Bonchev–Trinajstić information content (AvgIpc) is 2.80. The molecule has 0 aliphatic heterocycles. The Hall–Kier alpha value is -0.613. The van der Waals surface area contributed by atoms with Gasteiger partial charge >= 0.3 is 8.80 Å². The second-order valence-corrected chi connectivity index (χ2v) is 7.77. The first-order valence-electron chi connectivity index (χ1n) is 7.26. The van der Waals surface area contributed by atoms with Crippen molar-refractivity contribution in [2.24, 2.45) is 0 Å². The summed E-state index contributed by atoms with van der Waals surface area (Å²) in [5.41, 5.74) is 5.84. The van der Waals surface area contributed by atoms with Gasteiger partial charge in [0.25, 0.3) is 0 Å². The highest BCUT2D eigenvalue weighted by atomic mass is 32.2. The Labute approximate surface area is 131 Å². The lowest BCUT2D eigenvalue weighted by Crippen LogP contribution is -2.46. The Balaban J connectivity index is 2.60. The topological polar surface area (TPSA) is 84.4 Å². The maximum Gasteiger partial charge on any atom is 0.500 e. The molecule has 1 aromatic heterocycles. The van der Waals surface area contributed by atoms with Crippen LogP contribution in [0.4, 0.5) is 5.95 Å². The molecule has 0 saturated heterocycles. The van der Waals surface area contributed by atoms with Gasteiger partial charge < -0.3 is 19.0 Å². The van der Waals surface area contributed by atoms with E-state index in [9.17, 15) is 0 Å². The molecule has 0 fully saturated rings. The van der Waals surface area contributed by atoms with E-state index >= 15 is 0 Å². The van der Waals surface area contributed by atoms with Gasteiger partial charge in [0.1, 0.15) is 0 Å². The molecule has 1 rings (SSSR count). The van der Waals surface area contributed by atoms with Crippen LogP contribution in [0.25, 0.3) is 0 Å². The Morgan fingerprint density at radius 2 is 1.71 bits per heavy atom. The monoisotopic (exact) mass is 334 g/mol. The van der Waals surface area contributed by atoms with E-state index in [0.717, 1.165) is 12.5 Å². The number of aryl methyl sites for hydroxylation is 1. The SMILES string of the molecule is CCO[Si](CCCn1nc(SC)nc1N)(OCC)OCC. The molecule has 122 valence electrons. The third-order valence-corrected chi connectivity index (χ3v) is 6.50. The van der Waals surface area contributed by atoms with E-state index in [1.807, 2.05) is 27.0 Å². The Bertz CT molecular complexity index is 402. The molecule has 0 aliphatic rings. The number of thioether (sulfide) groups is 1. The van der Waals surface area contributed by atoms with Crippen molar-refractivity contribution >= 4 is 26.5 Å². The number of hydrogen-bond acceptors (Lipinski definition) is 7. The molecule has 0 amide bonds. The van der Waals surface area contributed by atoms with Gasteiger partial charge in [0.15, 0.2) is 0 Å². The molecule has 9 heteroatoms. The van der Waals surface area contributed by atoms with Gasteiger partial charge in [-0.1, -0.05) is 11.8 Å². The summed E-state index contributed by atoms with van der Waals surface area (Å²) in [5, 5.41) is 5.01. The molecule has 0 bridgehead atoms. The van der Waals surface area contributed by atoms with E-state index < -0.39 is 8.80 Å². The van der Waals surface area contributed by atoms with Crippen LogP contribution in [0.3, 0.4) is 0 Å². The molecular weight excluding hydrogens is 308 g/mol. The lowest BCUT2D eigenvalue weighted by molar-refractivity contribution is 0.0704. The zero-order valence-corrected chi connectivity index (χ0v) is 15.1. The Kier molecular flexibility index (Phi) is 8.26. The number of hydrogen-bond donors (Lipinski definition) is 1. The summed E-state index contributed by atoms with van der Waals surface area (Å²) in [6.07, 6.45) is 2.75. The highest BCUT2D eigenvalue weighted by Gasteiger charge is 2.39. The zero-order chi connectivity index (χ0) is 15.7. The van der Waals surface area contributed by atoms with Crippen LogP contribution in [-0.4, -0.2) is 49.6 Å². The number of nitrogen functional groups attached to an aromatic ring is 1. The number of nitrogens with zero attached hydrogens (tertiary/aromatic N) is 3. The standard InChI is InChI=1S/C12H26N4O3SSi/c1-5-17-21(18-6-2,19-7-3)10-8-9-16-11(13)14-12(15-16)20-4/h5-10H2,1-4H3,(H2,13,14,15). The van der Waals surface area contributed by atoms with Crippen molar-refractivity contribution in [3.8, 4) is 0 Å². The van der Waals surface area contributed by atoms with E-state index in [-0.39, 0.29) is 0 Å². The van der Waals surface area contributed by atoms with Gasteiger partial charge in [-0.3, -0.25) is 0 Å². The van der Waals surface area contributed by atoms with Crippen LogP contribution in [-0.2, 0) is 19.8 Å². The van der Waals surface area contributed by atoms with Crippen molar-refractivity contribution in [2.45, 2.75) is 44.9 Å². The molecule has 0 atom stereocenters. The van der Waals surface area contributed by atoms with Gasteiger partial charge in [-0.2, -0.15) is 4.98 Å². The van der Waals surface area contributed by atoms with Crippen LogP contribution in [0, 0.1) is 0 Å². The van der Waals surface area contributed by atoms with Crippen molar-refractivity contribution in [1.29, 1.82) is 0 Å². The summed E-state index contributed by atoms with van der Waals surface area (Å²) in [4.78, 5) is 4.16. The number of aromatic nitrogens is 3. The Morgan fingerprint density at radius 1 is 1.14 bits per heavy atom. The van der Waals surface area contributed by atoms with Crippen LogP contribution < -0.4 is 5.73 Å². The average molecular weight is 335 g/mol. The summed E-state index contributed by atoms with van der Waals surface area (Å²) in [7, 11) is -2.58. The van der Waals surface area contributed by atoms with E-state index in [4.69, 9.17) is 19.0 Å². The largest absolute Gasteiger partial charge is 0.500 e. The van der Waals surface area contributed by atoms with E-state index in [0.29, 0.717) is 37.5 Å². The van der Waals surface area contributed by atoms with Gasteiger partial charge in [0.2, 0.25) is 11.1 Å². The molecule has 2 N–H and O–H groups in total. The van der Waals surface area contributed by atoms with Gasteiger partial charge in [0.05, 0.1) is 0 Å². The van der Waals surface area contributed by atoms with Crippen LogP contribution in [0.5, 0.6) is 0 Å². The van der Waals surface area contributed by atoms with E-state index in [1.165, 1.54) is 11.8 Å². The summed E-state index contributed by atoms with van der Waals surface area (Å²) in [5.74, 6) is 0.441. The van der Waals surface area contributed by atoms with Crippen molar-refractivity contribution < 1.29 is 13.3 Å². The number of rotatable bonds is 11. The lowest BCUT2D eigenvalue weighted by atomic mass is 10.5. The summed E-state index contributed by atoms with van der Waals surface area (Å²) in [6.45, 7) is 8.33. The molecular formula is C12H26N4O3SSi. The van der Waals surface area contributed by atoms with E-state index in [2.05, 4.69) is 10.1 Å². The summed E-state index contributed by atoms with van der Waals surface area (Å²) in [6, 6.07) is 0.746. The van der Waals surface area contributed by atoms with Crippen LogP contribution in [0.15, 0.2) is 5.16 Å². The fraction of sp³-hybridized carbons (Fsp3) is 0.833. The molecule has 0 aliphatic carbocycles. The van der Waals surface area contributed by atoms with Crippen LogP contribution >= 0.6 is 11.8 Å². The second-order valence-electron chi connectivity index (χ2n) is 4.27. The van der Waals surface area contributed by atoms with Crippen LogP contribution in [0.1, 0.15) is 27.2 Å². The fourth-order valence-electron chi connectivity index (χ4n) is 2.03. The molecule has 0 radical (unpaired) electrons. The minimum atomic E-state index is -2.58. The predicted octanol–water partition coefficient (Wildman–Crippen LogP) is 2.02. The van der Waals surface area contributed by atoms with Crippen LogP contribution in [0.2, 0.25) is 6.04 Å². The zero-order valence-electron chi connectivity index (χ0n) is 13.3. The normalized spacial score (nSPS) is 12.0. The van der Waals surface area contributed by atoms with Gasteiger partial charge in [-0.25, -0.2) is 4.68 Å². The smallest absolute Gasteiger partial charge is 0.374 e. The number of anilines is 1. The third-order valence-electron chi connectivity index (χ3n) is 2.81. The Morgan fingerprint density at radius 3 is 2.14 bits per heavy atom. The first-order valence-corrected chi connectivity index (χ1v) is 10.4. The summed E-state index contributed by atoms with van der Waals surface area (Å²) >= 11 is 1.48. The molecule has 21 heavy (non-hydrogen) atoms. The minimum absolute atomic E-state index is 0.441. The third kappa shape index (κ3) is 5.59. The molecule has 0 spiro atoms. The van der Waals surface area contributed by atoms with Crippen molar-refractivity contribution in [1.82, 2.24) is 14.8 Å². The molecule has 1 aromatic rings. The van der Waals surface area contributed by atoms with Crippen molar-refractivity contribution in [3.63, 3.8) is 0 Å². The number of nitrogens with two attached hydrogens (primary N) is 1. The highest BCUT2D eigenvalue weighted by molar-refractivity contribution is 7.98. The van der Waals surface area contributed by atoms with E-state index in [1.54, 1.807) is 4.68 Å². The van der Waals surface area contributed by atoms with Gasteiger partial charge in [-0.05, 0) is 33.4 Å². The van der Waals surface area contributed by atoms with Gasteiger partial charge in [-0.15, -0.1) is 5.10 Å². The first kappa shape index (κ1) is 18.4. The molecule has 0 saturated carbocycles. The highest BCUT2D eigenvalue weighted by Crippen LogP contribution is 2.19. The molecule has 1 heterocycles. The molecule has 0 unspecified atom stereocenters. The predicted molar refractivity (Wildman–Crippen MR) is 86.3 cm³/mol.